The van der Waals surface area contributed by atoms with Gasteiger partial charge in [-0.25, -0.2) is 13.1 Å². The number of morpholine rings is 1. The zero-order chi connectivity index (χ0) is 22.6. The standard InChI is InChI=1S/C19H26N6O5S2/c1-14-4-5-15(11-17(14)32(27,28)24-6-9-29-10-7-24)20-18(26)13-31-19-21-22-23-25(19)12-16-3-2-8-30-16/h4-5,11,16H,2-3,6-10,12-13H2,1H3,(H,20,26)/t16-/m0/s1. The zero-order valence-electron chi connectivity index (χ0n) is 17.8. The van der Waals surface area contributed by atoms with Crippen molar-refractivity contribution in [3.8, 4) is 0 Å². The molecule has 4 rings (SSSR count). The van der Waals surface area contributed by atoms with E-state index in [4.69, 9.17) is 9.47 Å². The van der Waals surface area contributed by atoms with E-state index in [0.29, 0.717) is 49.3 Å². The second-order valence-corrected chi connectivity index (χ2v) is 10.5. The van der Waals surface area contributed by atoms with Gasteiger partial charge in [0.25, 0.3) is 0 Å². The van der Waals surface area contributed by atoms with Gasteiger partial charge in [-0.15, -0.1) is 5.10 Å². The van der Waals surface area contributed by atoms with E-state index >= 15 is 0 Å². The second-order valence-electron chi connectivity index (χ2n) is 7.61. The van der Waals surface area contributed by atoms with Gasteiger partial charge in [0.05, 0.1) is 36.5 Å². The molecule has 174 valence electrons. The van der Waals surface area contributed by atoms with Crippen LogP contribution in [0.15, 0.2) is 28.3 Å². The lowest BCUT2D eigenvalue weighted by Crippen LogP contribution is -2.40. The van der Waals surface area contributed by atoms with E-state index in [9.17, 15) is 13.2 Å². The lowest BCUT2D eigenvalue weighted by atomic mass is 10.2. The number of ether oxygens (including phenoxy) is 2. The van der Waals surface area contributed by atoms with Crippen LogP contribution in [0.5, 0.6) is 0 Å². The highest BCUT2D eigenvalue weighted by atomic mass is 32.2. The maximum Gasteiger partial charge on any atom is 0.243 e. The molecule has 2 fully saturated rings. The third-order valence-corrected chi connectivity index (χ3v) is 8.29. The Hall–Kier alpha value is -2.06. The van der Waals surface area contributed by atoms with Crippen molar-refractivity contribution >= 4 is 33.4 Å². The Morgan fingerprint density at radius 2 is 2.09 bits per heavy atom. The SMILES string of the molecule is Cc1ccc(NC(=O)CSc2nnnn2C[C@@H]2CCCO2)cc1S(=O)(=O)N1CCOCC1. The highest BCUT2D eigenvalue weighted by Gasteiger charge is 2.28. The third-order valence-electron chi connectivity index (χ3n) is 5.29. The van der Waals surface area contributed by atoms with Gasteiger partial charge in [-0.1, -0.05) is 17.8 Å². The quantitative estimate of drug-likeness (QED) is 0.546. The molecule has 0 bridgehead atoms. The number of tetrazole rings is 1. The fourth-order valence-corrected chi connectivity index (χ4v) is 5.95. The van der Waals surface area contributed by atoms with Crippen LogP contribution in [0.3, 0.4) is 0 Å². The van der Waals surface area contributed by atoms with Crippen LogP contribution in [0.2, 0.25) is 0 Å². The third kappa shape index (κ3) is 5.46. The van der Waals surface area contributed by atoms with Gasteiger partial charge in [-0.3, -0.25) is 4.79 Å². The van der Waals surface area contributed by atoms with Gasteiger partial charge < -0.3 is 14.8 Å². The Kier molecular flexibility index (Phi) is 7.40. The molecule has 2 saturated heterocycles. The highest BCUT2D eigenvalue weighted by molar-refractivity contribution is 7.99. The molecule has 1 aromatic carbocycles. The lowest BCUT2D eigenvalue weighted by molar-refractivity contribution is -0.113. The topological polar surface area (TPSA) is 129 Å². The van der Waals surface area contributed by atoms with Gasteiger partial charge in [0.2, 0.25) is 21.1 Å². The number of carbonyl (C=O) groups excluding carboxylic acids is 1. The first-order valence-electron chi connectivity index (χ1n) is 10.4. The number of benzene rings is 1. The number of rotatable bonds is 8. The fraction of sp³-hybridized carbons (Fsp3) is 0.579. The summed E-state index contributed by atoms with van der Waals surface area (Å²) in [4.78, 5) is 12.7. The molecule has 0 aliphatic carbocycles. The molecule has 11 nitrogen and oxygen atoms in total. The van der Waals surface area contributed by atoms with Crippen molar-refractivity contribution in [3.05, 3.63) is 23.8 Å². The number of amides is 1. The summed E-state index contributed by atoms with van der Waals surface area (Å²) in [7, 11) is -3.66. The van der Waals surface area contributed by atoms with Crippen molar-refractivity contribution in [1.29, 1.82) is 0 Å². The van der Waals surface area contributed by atoms with E-state index in [0.717, 1.165) is 19.4 Å². The largest absolute Gasteiger partial charge is 0.379 e. The van der Waals surface area contributed by atoms with E-state index in [1.54, 1.807) is 23.7 Å². The monoisotopic (exact) mass is 482 g/mol. The molecule has 2 aliphatic rings. The molecule has 3 heterocycles. The number of hydrogen-bond acceptors (Lipinski definition) is 9. The first kappa shape index (κ1) is 23.1. The van der Waals surface area contributed by atoms with Crippen LogP contribution in [0.1, 0.15) is 18.4 Å². The summed E-state index contributed by atoms with van der Waals surface area (Å²) in [6.45, 7) is 4.42. The molecule has 0 spiro atoms. The molecular formula is C19H26N6O5S2. The molecule has 2 aromatic rings. The minimum atomic E-state index is -3.66. The highest BCUT2D eigenvalue weighted by Crippen LogP contribution is 2.25. The van der Waals surface area contributed by atoms with Crippen LogP contribution in [0.4, 0.5) is 5.69 Å². The molecule has 0 unspecified atom stereocenters. The van der Waals surface area contributed by atoms with Crippen LogP contribution in [0, 0.1) is 6.92 Å². The van der Waals surface area contributed by atoms with Crippen molar-refractivity contribution < 1.29 is 22.7 Å². The number of nitrogens with zero attached hydrogens (tertiary/aromatic N) is 5. The number of sulfonamides is 1. The average Bonchev–Trinajstić information content (AvgIpc) is 3.46. The van der Waals surface area contributed by atoms with E-state index in [2.05, 4.69) is 20.8 Å². The van der Waals surface area contributed by atoms with Crippen LogP contribution >= 0.6 is 11.8 Å². The second kappa shape index (κ2) is 10.3. The first-order valence-corrected chi connectivity index (χ1v) is 12.8. The van der Waals surface area contributed by atoms with Crippen molar-refractivity contribution in [2.75, 3.05) is 44.0 Å². The van der Waals surface area contributed by atoms with Crippen molar-refractivity contribution in [1.82, 2.24) is 24.5 Å². The van der Waals surface area contributed by atoms with Crippen LogP contribution in [-0.2, 0) is 30.8 Å². The predicted molar refractivity (Wildman–Crippen MR) is 117 cm³/mol. The Morgan fingerprint density at radius 3 is 2.84 bits per heavy atom. The minimum Gasteiger partial charge on any atom is -0.379 e. The maximum atomic E-state index is 13.0. The van der Waals surface area contributed by atoms with E-state index in [1.807, 2.05) is 0 Å². The summed E-state index contributed by atoms with van der Waals surface area (Å²) < 4.78 is 40.0. The predicted octanol–water partition coefficient (Wildman–Crippen LogP) is 0.912. The Morgan fingerprint density at radius 1 is 1.28 bits per heavy atom. The van der Waals surface area contributed by atoms with Crippen molar-refractivity contribution in [2.24, 2.45) is 0 Å². The molecule has 32 heavy (non-hydrogen) atoms. The molecule has 0 saturated carbocycles. The molecule has 1 amide bonds. The van der Waals surface area contributed by atoms with E-state index in [-0.39, 0.29) is 22.7 Å². The number of thioether (sulfide) groups is 1. The number of anilines is 1. The number of hydrogen-bond donors (Lipinski definition) is 1. The molecule has 0 radical (unpaired) electrons. The minimum absolute atomic E-state index is 0.0886. The van der Waals surface area contributed by atoms with Gasteiger partial charge in [-0.05, 0) is 47.9 Å². The summed E-state index contributed by atoms with van der Waals surface area (Å²) in [6.07, 6.45) is 2.08. The Labute approximate surface area is 190 Å². The van der Waals surface area contributed by atoms with Crippen LogP contribution in [0.25, 0.3) is 0 Å². The molecule has 1 atom stereocenters. The summed E-state index contributed by atoms with van der Waals surface area (Å²) in [5.74, 6) is -0.189. The van der Waals surface area contributed by atoms with Gasteiger partial charge in [-0.2, -0.15) is 4.31 Å². The molecule has 1 N–H and O–H groups in total. The number of carbonyl (C=O) groups is 1. The Bertz CT molecular complexity index is 1050. The van der Waals surface area contributed by atoms with Gasteiger partial charge >= 0.3 is 0 Å². The molecular weight excluding hydrogens is 456 g/mol. The smallest absolute Gasteiger partial charge is 0.243 e. The summed E-state index contributed by atoms with van der Waals surface area (Å²) >= 11 is 1.22. The number of aromatic nitrogens is 4. The molecule has 1 aromatic heterocycles. The van der Waals surface area contributed by atoms with Crippen molar-refractivity contribution in [3.63, 3.8) is 0 Å². The van der Waals surface area contributed by atoms with Crippen molar-refractivity contribution in [2.45, 2.75) is 42.5 Å². The molecule has 2 aliphatic heterocycles. The van der Waals surface area contributed by atoms with Gasteiger partial charge in [0.1, 0.15) is 0 Å². The van der Waals surface area contributed by atoms with Crippen LogP contribution in [-0.4, -0.2) is 83.6 Å². The normalized spacial score (nSPS) is 19.8. The van der Waals surface area contributed by atoms with E-state index < -0.39 is 10.0 Å². The fourth-order valence-electron chi connectivity index (χ4n) is 3.60. The van der Waals surface area contributed by atoms with Gasteiger partial charge in [0.15, 0.2) is 0 Å². The van der Waals surface area contributed by atoms with Crippen LogP contribution < -0.4 is 5.32 Å². The van der Waals surface area contributed by atoms with Gasteiger partial charge in [0, 0.05) is 25.4 Å². The Balaban J connectivity index is 1.38. The number of nitrogens with one attached hydrogen (secondary N) is 1. The van der Waals surface area contributed by atoms with E-state index in [1.165, 1.54) is 22.1 Å². The average molecular weight is 483 g/mol. The zero-order valence-corrected chi connectivity index (χ0v) is 19.4. The maximum absolute atomic E-state index is 13.0. The number of aryl methyl sites for hydroxylation is 1. The summed E-state index contributed by atoms with van der Waals surface area (Å²) in [5.41, 5.74) is 1.05. The molecule has 13 heteroatoms. The summed E-state index contributed by atoms with van der Waals surface area (Å²) in [5, 5.41) is 15.0. The first-order chi connectivity index (χ1) is 15.4. The summed E-state index contributed by atoms with van der Waals surface area (Å²) in [6, 6.07) is 4.89. The lowest BCUT2D eigenvalue weighted by Gasteiger charge is -2.26.